The van der Waals surface area contributed by atoms with E-state index >= 15 is 0 Å². The molecule has 0 unspecified atom stereocenters. The highest BCUT2D eigenvalue weighted by atomic mass is 16.1. The summed E-state index contributed by atoms with van der Waals surface area (Å²) in [5, 5.41) is 0. The van der Waals surface area contributed by atoms with Crippen LogP contribution in [-0.4, -0.2) is 11.7 Å². The largest absolute Gasteiger partial charge is 0.366 e. The van der Waals surface area contributed by atoms with Gasteiger partial charge >= 0.3 is 0 Å². The molecule has 1 rings (SSSR count). The Labute approximate surface area is 89.3 Å². The molecule has 0 fully saturated rings. The lowest BCUT2D eigenvalue weighted by atomic mass is 9.81. The molecule has 0 saturated carbocycles. The van der Waals surface area contributed by atoms with E-state index in [0.717, 1.165) is 6.08 Å². The highest BCUT2D eigenvalue weighted by molar-refractivity contribution is 6.07. The van der Waals surface area contributed by atoms with Crippen LogP contribution in [0.3, 0.4) is 0 Å². The highest BCUT2D eigenvalue weighted by Gasteiger charge is 2.21. The third-order valence-electron chi connectivity index (χ3n) is 2.21. The first kappa shape index (κ1) is 11.4. The first-order valence-electron chi connectivity index (χ1n) is 4.81. The van der Waals surface area contributed by atoms with E-state index < -0.39 is 5.91 Å². The summed E-state index contributed by atoms with van der Waals surface area (Å²) in [6, 6.07) is 0. The first-order valence-corrected chi connectivity index (χ1v) is 4.81. The summed E-state index contributed by atoms with van der Waals surface area (Å²) in [5.41, 5.74) is 5.62. The van der Waals surface area contributed by atoms with Crippen LogP contribution < -0.4 is 5.73 Å². The number of allylic oxidation sites excluding steroid dienone is 5. The zero-order chi connectivity index (χ0) is 11.5. The van der Waals surface area contributed by atoms with Crippen LogP contribution in [0.25, 0.3) is 0 Å². The third-order valence-corrected chi connectivity index (χ3v) is 2.21. The zero-order valence-corrected chi connectivity index (χ0v) is 8.99. The Kier molecular flexibility index (Phi) is 3.24. The van der Waals surface area contributed by atoms with Gasteiger partial charge in [-0.05, 0) is 17.9 Å². The van der Waals surface area contributed by atoms with Gasteiger partial charge in [-0.25, -0.2) is 0 Å². The standard InChI is InChI=1S/C12H15NO2/c1-12(2)7-3-4-9(8-12)10(14)5-6-11(13)15/h3-7H,8H2,1-2H3,(H2,13,15)/b6-5+. The second kappa shape index (κ2) is 4.26. The molecule has 0 saturated heterocycles. The van der Waals surface area contributed by atoms with E-state index in [1.807, 2.05) is 6.08 Å². The zero-order valence-electron chi connectivity index (χ0n) is 8.99. The number of rotatable bonds is 3. The molecule has 0 aromatic rings. The minimum atomic E-state index is -0.602. The van der Waals surface area contributed by atoms with Gasteiger partial charge in [0.25, 0.3) is 0 Å². The number of amides is 1. The fourth-order valence-corrected chi connectivity index (χ4v) is 1.47. The van der Waals surface area contributed by atoms with Crippen LogP contribution in [0.15, 0.2) is 36.0 Å². The van der Waals surface area contributed by atoms with Crippen molar-refractivity contribution in [3.05, 3.63) is 36.0 Å². The van der Waals surface area contributed by atoms with Gasteiger partial charge in [-0.2, -0.15) is 0 Å². The molecular weight excluding hydrogens is 190 g/mol. The van der Waals surface area contributed by atoms with E-state index in [-0.39, 0.29) is 11.2 Å². The van der Waals surface area contributed by atoms with Crippen LogP contribution in [-0.2, 0) is 9.59 Å². The molecule has 2 N–H and O–H groups in total. The quantitative estimate of drug-likeness (QED) is 0.710. The lowest BCUT2D eigenvalue weighted by Gasteiger charge is -2.23. The molecule has 0 aliphatic heterocycles. The van der Waals surface area contributed by atoms with Gasteiger partial charge in [0.15, 0.2) is 5.78 Å². The summed E-state index contributed by atoms with van der Waals surface area (Å²) >= 11 is 0. The van der Waals surface area contributed by atoms with Crippen molar-refractivity contribution >= 4 is 11.7 Å². The summed E-state index contributed by atoms with van der Waals surface area (Å²) < 4.78 is 0. The normalized spacial score (nSPS) is 18.9. The third kappa shape index (κ3) is 3.54. The smallest absolute Gasteiger partial charge is 0.241 e. The van der Waals surface area contributed by atoms with Gasteiger partial charge in [0.1, 0.15) is 0 Å². The van der Waals surface area contributed by atoms with Crippen LogP contribution >= 0.6 is 0 Å². The maximum Gasteiger partial charge on any atom is 0.241 e. The molecule has 1 aliphatic rings. The van der Waals surface area contributed by atoms with Gasteiger partial charge in [0.05, 0.1) is 0 Å². The Morgan fingerprint density at radius 2 is 2.07 bits per heavy atom. The summed E-state index contributed by atoms with van der Waals surface area (Å²) in [7, 11) is 0. The van der Waals surface area contributed by atoms with Crippen molar-refractivity contribution in [2.75, 3.05) is 0 Å². The summed E-state index contributed by atoms with van der Waals surface area (Å²) in [4.78, 5) is 22.1. The predicted molar refractivity (Wildman–Crippen MR) is 59.0 cm³/mol. The Bertz CT molecular complexity index is 373. The van der Waals surface area contributed by atoms with Gasteiger partial charge in [-0.15, -0.1) is 0 Å². The van der Waals surface area contributed by atoms with Gasteiger partial charge in [0.2, 0.25) is 5.91 Å². The maximum atomic E-state index is 11.6. The van der Waals surface area contributed by atoms with Crippen molar-refractivity contribution < 1.29 is 9.59 Å². The maximum absolute atomic E-state index is 11.6. The Morgan fingerprint density at radius 3 is 2.60 bits per heavy atom. The fourth-order valence-electron chi connectivity index (χ4n) is 1.47. The number of carbonyl (C=O) groups excluding carboxylic acids is 2. The van der Waals surface area contributed by atoms with Crippen molar-refractivity contribution in [2.45, 2.75) is 20.3 Å². The topological polar surface area (TPSA) is 60.2 Å². The van der Waals surface area contributed by atoms with E-state index in [1.165, 1.54) is 6.08 Å². The van der Waals surface area contributed by atoms with E-state index in [4.69, 9.17) is 5.73 Å². The Hall–Kier alpha value is -1.64. The predicted octanol–water partition coefficient (Wildman–Crippen LogP) is 1.51. The molecule has 0 bridgehead atoms. The molecule has 0 atom stereocenters. The number of ketones is 1. The lowest BCUT2D eigenvalue weighted by molar-refractivity contribution is -0.115. The molecule has 0 aromatic heterocycles. The molecule has 1 aliphatic carbocycles. The van der Waals surface area contributed by atoms with Crippen LogP contribution in [0, 0.1) is 5.41 Å². The summed E-state index contributed by atoms with van der Waals surface area (Å²) in [6.07, 6.45) is 8.71. The first-order chi connectivity index (χ1) is 6.91. The van der Waals surface area contributed by atoms with Crippen LogP contribution in [0.5, 0.6) is 0 Å². The van der Waals surface area contributed by atoms with Gasteiger partial charge in [-0.3, -0.25) is 9.59 Å². The molecule has 15 heavy (non-hydrogen) atoms. The van der Waals surface area contributed by atoms with E-state index in [0.29, 0.717) is 12.0 Å². The second-order valence-electron chi connectivity index (χ2n) is 4.32. The number of primary amides is 1. The number of nitrogens with two attached hydrogens (primary N) is 1. The van der Waals surface area contributed by atoms with Crippen molar-refractivity contribution in [2.24, 2.45) is 11.1 Å². The monoisotopic (exact) mass is 205 g/mol. The molecule has 0 aromatic carbocycles. The summed E-state index contributed by atoms with van der Waals surface area (Å²) in [6.45, 7) is 4.11. The van der Waals surface area contributed by atoms with Gasteiger partial charge < -0.3 is 5.73 Å². The average molecular weight is 205 g/mol. The van der Waals surface area contributed by atoms with E-state index in [9.17, 15) is 9.59 Å². The van der Waals surface area contributed by atoms with Crippen molar-refractivity contribution in [1.82, 2.24) is 0 Å². The summed E-state index contributed by atoms with van der Waals surface area (Å²) in [5.74, 6) is -0.749. The molecule has 3 heteroatoms. The Balaban J connectivity index is 2.74. The average Bonchev–Trinajstić information content (AvgIpc) is 2.12. The minimum absolute atomic E-state index is 0.000304. The van der Waals surface area contributed by atoms with Crippen LogP contribution in [0.4, 0.5) is 0 Å². The van der Waals surface area contributed by atoms with E-state index in [2.05, 4.69) is 19.9 Å². The van der Waals surface area contributed by atoms with Gasteiger partial charge in [-0.1, -0.05) is 32.1 Å². The van der Waals surface area contributed by atoms with Crippen molar-refractivity contribution in [1.29, 1.82) is 0 Å². The van der Waals surface area contributed by atoms with Gasteiger partial charge in [0, 0.05) is 11.6 Å². The fraction of sp³-hybridized carbons (Fsp3) is 0.333. The number of carbonyl (C=O) groups is 2. The SMILES string of the molecule is CC1(C)C=CC=C(C(=O)/C=C/C(N)=O)C1. The highest BCUT2D eigenvalue weighted by Crippen LogP contribution is 2.30. The van der Waals surface area contributed by atoms with E-state index in [1.54, 1.807) is 6.08 Å². The lowest BCUT2D eigenvalue weighted by Crippen LogP contribution is -2.15. The van der Waals surface area contributed by atoms with Crippen LogP contribution in [0.1, 0.15) is 20.3 Å². The Morgan fingerprint density at radius 1 is 1.40 bits per heavy atom. The molecule has 0 radical (unpaired) electrons. The number of hydrogen-bond acceptors (Lipinski definition) is 2. The molecular formula is C12H15NO2. The van der Waals surface area contributed by atoms with Crippen molar-refractivity contribution in [3.8, 4) is 0 Å². The molecule has 1 amide bonds. The molecule has 0 heterocycles. The molecule has 3 nitrogen and oxygen atoms in total. The van der Waals surface area contributed by atoms with Crippen LogP contribution in [0.2, 0.25) is 0 Å². The number of hydrogen-bond donors (Lipinski definition) is 1. The van der Waals surface area contributed by atoms with Crippen molar-refractivity contribution in [3.63, 3.8) is 0 Å². The minimum Gasteiger partial charge on any atom is -0.366 e. The molecule has 80 valence electrons. The second-order valence-corrected chi connectivity index (χ2v) is 4.32. The molecule has 0 spiro atoms.